The fraction of sp³-hybridized carbons (Fsp3) is 0.611. The number of halogens is 3. The lowest BCUT2D eigenvalue weighted by Crippen LogP contribution is -2.57. The van der Waals surface area contributed by atoms with Crippen molar-refractivity contribution in [2.24, 2.45) is 5.92 Å². The van der Waals surface area contributed by atoms with Crippen molar-refractivity contribution in [2.45, 2.75) is 51.6 Å². The molecular formula is C18H26F3N3O2. The molecule has 2 atom stereocenters. The van der Waals surface area contributed by atoms with Gasteiger partial charge in [-0.25, -0.2) is 5.01 Å². The Morgan fingerprint density at radius 1 is 1.27 bits per heavy atom. The summed E-state index contributed by atoms with van der Waals surface area (Å²) in [4.78, 5) is 12.2. The first-order chi connectivity index (χ1) is 12.1. The zero-order valence-electron chi connectivity index (χ0n) is 15.3. The summed E-state index contributed by atoms with van der Waals surface area (Å²) in [5.74, 6) is -2.23. The molecule has 0 spiro atoms. The van der Waals surface area contributed by atoms with Crippen LogP contribution < -0.4 is 10.7 Å². The van der Waals surface area contributed by atoms with Gasteiger partial charge in [-0.2, -0.15) is 13.2 Å². The molecule has 8 heteroatoms. The Balaban J connectivity index is 2.36. The van der Waals surface area contributed by atoms with Gasteiger partial charge in [0.15, 0.2) is 6.23 Å². The second-order valence-corrected chi connectivity index (χ2v) is 7.38. The molecule has 5 nitrogen and oxygen atoms in total. The number of rotatable bonds is 5. The molecule has 1 heterocycles. The number of nitrogens with one attached hydrogen (secondary N) is 2. The van der Waals surface area contributed by atoms with E-state index in [1.54, 1.807) is 51.1 Å². The molecule has 2 N–H and O–H groups in total. The number of anilines is 1. The third-order valence-electron chi connectivity index (χ3n) is 3.95. The molecule has 1 aromatic carbocycles. The summed E-state index contributed by atoms with van der Waals surface area (Å²) >= 11 is 0. The van der Waals surface area contributed by atoms with Crippen molar-refractivity contribution < 1.29 is 22.7 Å². The number of carbonyl (C=O) groups excluding carboxylic acids is 1. The molecular weight excluding hydrogens is 347 g/mol. The first-order valence-electron chi connectivity index (χ1n) is 8.68. The van der Waals surface area contributed by atoms with Crippen molar-refractivity contribution in [2.75, 3.05) is 18.5 Å². The summed E-state index contributed by atoms with van der Waals surface area (Å²) in [6.45, 7) is 6.57. The number of para-hydroxylation sites is 1. The van der Waals surface area contributed by atoms with Crippen LogP contribution in [0, 0.1) is 5.92 Å². The van der Waals surface area contributed by atoms with Gasteiger partial charge in [0.05, 0.1) is 11.3 Å². The molecule has 1 aromatic rings. The van der Waals surface area contributed by atoms with Gasteiger partial charge in [0.2, 0.25) is 0 Å². The second kappa shape index (κ2) is 8.26. The van der Waals surface area contributed by atoms with Crippen LogP contribution in [-0.2, 0) is 9.53 Å². The van der Waals surface area contributed by atoms with Crippen LogP contribution in [0.5, 0.6) is 0 Å². The first-order valence-corrected chi connectivity index (χ1v) is 8.68. The van der Waals surface area contributed by atoms with E-state index < -0.39 is 23.9 Å². The Morgan fingerprint density at radius 3 is 2.42 bits per heavy atom. The van der Waals surface area contributed by atoms with Gasteiger partial charge in [0.25, 0.3) is 0 Å². The molecule has 1 aliphatic rings. The Labute approximate surface area is 151 Å². The lowest BCUT2D eigenvalue weighted by molar-refractivity contribution is -0.209. The molecule has 146 valence electrons. The monoisotopic (exact) mass is 373 g/mol. The summed E-state index contributed by atoms with van der Waals surface area (Å²) < 4.78 is 45.7. The molecule has 1 amide bonds. The lowest BCUT2D eigenvalue weighted by Gasteiger charge is -2.42. The van der Waals surface area contributed by atoms with E-state index in [2.05, 4.69) is 10.7 Å². The Morgan fingerprint density at radius 2 is 1.92 bits per heavy atom. The average molecular weight is 373 g/mol. The van der Waals surface area contributed by atoms with Crippen molar-refractivity contribution in [3.63, 3.8) is 0 Å². The molecule has 0 bridgehead atoms. The highest BCUT2D eigenvalue weighted by molar-refractivity contribution is 5.83. The van der Waals surface area contributed by atoms with Gasteiger partial charge >= 0.3 is 12.1 Å². The molecule has 1 aliphatic heterocycles. The maximum atomic E-state index is 13.3. The van der Waals surface area contributed by atoms with E-state index in [1.807, 2.05) is 0 Å². The minimum atomic E-state index is -5.01. The normalized spacial score (nSPS) is 19.7. The van der Waals surface area contributed by atoms with E-state index in [0.717, 1.165) is 13.0 Å². The quantitative estimate of drug-likeness (QED) is 0.612. The van der Waals surface area contributed by atoms with Gasteiger partial charge in [0.1, 0.15) is 0 Å². The predicted octanol–water partition coefficient (Wildman–Crippen LogP) is 3.55. The van der Waals surface area contributed by atoms with Crippen molar-refractivity contribution in [3.05, 3.63) is 30.3 Å². The number of ether oxygens (including phenoxy) is 1. The molecule has 26 heavy (non-hydrogen) atoms. The summed E-state index contributed by atoms with van der Waals surface area (Å²) in [5.41, 5.74) is 2.28. The van der Waals surface area contributed by atoms with Crippen molar-refractivity contribution in [1.82, 2.24) is 10.3 Å². The van der Waals surface area contributed by atoms with E-state index in [-0.39, 0.29) is 5.92 Å². The van der Waals surface area contributed by atoms with Crippen LogP contribution in [0.25, 0.3) is 0 Å². The van der Waals surface area contributed by atoms with Gasteiger partial charge < -0.3 is 10.1 Å². The van der Waals surface area contributed by atoms with E-state index in [9.17, 15) is 18.0 Å². The van der Waals surface area contributed by atoms with Crippen LogP contribution in [-0.4, -0.2) is 42.0 Å². The maximum Gasteiger partial charge on any atom is 0.473 e. The van der Waals surface area contributed by atoms with Crippen molar-refractivity contribution >= 4 is 11.6 Å². The number of hydrogen-bond acceptors (Lipinski definition) is 4. The number of carbonyl (C=O) groups is 1. The van der Waals surface area contributed by atoms with Crippen LogP contribution in [0.1, 0.15) is 33.6 Å². The number of hydrogen-bond donors (Lipinski definition) is 2. The fourth-order valence-corrected chi connectivity index (χ4v) is 2.86. The summed E-state index contributed by atoms with van der Waals surface area (Å²) in [7, 11) is 0. The zero-order chi connectivity index (χ0) is 19.4. The van der Waals surface area contributed by atoms with Gasteiger partial charge in [-0.15, -0.1) is 0 Å². The first kappa shape index (κ1) is 20.5. The number of amides is 1. The highest BCUT2D eigenvalue weighted by Crippen LogP contribution is 2.29. The number of piperidine rings is 1. The van der Waals surface area contributed by atoms with E-state index in [0.29, 0.717) is 23.7 Å². The third kappa shape index (κ3) is 5.88. The van der Waals surface area contributed by atoms with Crippen LogP contribution in [0.2, 0.25) is 0 Å². The minimum absolute atomic E-state index is 0.259. The summed E-state index contributed by atoms with van der Waals surface area (Å²) in [5, 5.41) is 3.77. The third-order valence-corrected chi connectivity index (χ3v) is 3.95. The maximum absolute atomic E-state index is 13.3. The Kier molecular flexibility index (Phi) is 6.52. The van der Waals surface area contributed by atoms with E-state index >= 15 is 0 Å². The van der Waals surface area contributed by atoms with Gasteiger partial charge in [-0.05, 0) is 52.3 Å². The molecule has 0 aromatic heterocycles. The predicted molar refractivity (Wildman–Crippen MR) is 93.2 cm³/mol. The number of hydrazine groups is 1. The highest BCUT2D eigenvalue weighted by atomic mass is 19.4. The SMILES string of the molecule is CC(C)(C)O[C@H](C1CCCNC1)N(Nc1ccccc1)C(=O)C(F)(F)F. The van der Waals surface area contributed by atoms with Crippen LogP contribution >= 0.6 is 0 Å². The Hall–Kier alpha value is -1.80. The molecule has 0 saturated carbocycles. The molecule has 2 rings (SSSR count). The lowest BCUT2D eigenvalue weighted by atomic mass is 9.96. The number of benzene rings is 1. The summed E-state index contributed by atoms with van der Waals surface area (Å²) in [6, 6.07) is 8.31. The smallest absolute Gasteiger partial charge is 0.351 e. The highest BCUT2D eigenvalue weighted by Gasteiger charge is 2.48. The molecule has 0 aliphatic carbocycles. The second-order valence-electron chi connectivity index (χ2n) is 7.38. The largest absolute Gasteiger partial charge is 0.473 e. The van der Waals surface area contributed by atoms with Crippen LogP contribution in [0.4, 0.5) is 18.9 Å². The fourth-order valence-electron chi connectivity index (χ4n) is 2.86. The van der Waals surface area contributed by atoms with Gasteiger partial charge in [0, 0.05) is 12.5 Å². The molecule has 1 unspecified atom stereocenters. The average Bonchev–Trinajstić information content (AvgIpc) is 2.57. The van der Waals surface area contributed by atoms with Crippen molar-refractivity contribution in [1.29, 1.82) is 0 Å². The van der Waals surface area contributed by atoms with Crippen molar-refractivity contribution in [3.8, 4) is 0 Å². The van der Waals surface area contributed by atoms with E-state index in [1.165, 1.54) is 0 Å². The van der Waals surface area contributed by atoms with Crippen LogP contribution in [0.15, 0.2) is 30.3 Å². The summed E-state index contributed by atoms with van der Waals surface area (Å²) in [6.07, 6.45) is -4.58. The Bertz CT molecular complexity index is 582. The zero-order valence-corrected chi connectivity index (χ0v) is 15.3. The molecule has 1 saturated heterocycles. The standard InChI is InChI=1S/C18H26F3N3O2/c1-17(2,3)26-15(13-8-7-11-22-12-13)24(16(25)18(19,20)21)23-14-9-5-4-6-10-14/h4-6,9-10,13,15,22-23H,7-8,11-12H2,1-3H3/t13?,15-/m1/s1. The topological polar surface area (TPSA) is 53.6 Å². The molecule has 0 radical (unpaired) electrons. The van der Waals surface area contributed by atoms with Gasteiger partial charge in [-0.3, -0.25) is 10.2 Å². The molecule has 1 fully saturated rings. The minimum Gasteiger partial charge on any atom is -0.351 e. The number of nitrogens with zero attached hydrogens (tertiary/aromatic N) is 1. The number of alkyl halides is 3. The van der Waals surface area contributed by atoms with E-state index in [4.69, 9.17) is 4.74 Å². The van der Waals surface area contributed by atoms with Gasteiger partial charge in [-0.1, -0.05) is 18.2 Å². The van der Waals surface area contributed by atoms with Crippen LogP contribution in [0.3, 0.4) is 0 Å².